The fraction of sp³-hybridized carbons (Fsp3) is 0.0714. The molecule has 0 unspecified atom stereocenters. The van der Waals surface area contributed by atoms with Gasteiger partial charge in [-0.2, -0.15) is 0 Å². The van der Waals surface area contributed by atoms with Gasteiger partial charge >= 0.3 is 0 Å². The van der Waals surface area contributed by atoms with Gasteiger partial charge in [0.05, 0.1) is 4.47 Å². The number of aryl methyl sites for hydroxylation is 1. The average Bonchev–Trinajstić information content (AvgIpc) is 2.47. The lowest BCUT2D eigenvalue weighted by Crippen LogP contribution is -2.14. The zero-order valence-electron chi connectivity index (χ0n) is 10.9. The molecule has 21 heavy (non-hydrogen) atoms. The molecule has 0 fully saturated rings. The molecule has 110 valence electrons. The number of hydrogen-bond donors (Lipinski definition) is 2. The highest BCUT2D eigenvalue weighted by Crippen LogP contribution is 2.32. The van der Waals surface area contributed by atoms with Crippen LogP contribution in [0.25, 0.3) is 0 Å². The molecule has 0 saturated heterocycles. The van der Waals surface area contributed by atoms with Crippen molar-refractivity contribution in [2.75, 3.05) is 0 Å². The van der Waals surface area contributed by atoms with E-state index in [4.69, 9.17) is 15.7 Å². The van der Waals surface area contributed by atoms with E-state index in [1.807, 2.05) is 0 Å². The Morgan fingerprint density at radius 2 is 2.00 bits per heavy atom. The normalized spacial score (nSPS) is 11.5. The van der Waals surface area contributed by atoms with E-state index in [2.05, 4.69) is 21.1 Å². The number of oxime groups is 1. The number of benzene rings is 2. The summed E-state index contributed by atoms with van der Waals surface area (Å²) in [6.07, 6.45) is 0. The Morgan fingerprint density at radius 1 is 1.29 bits per heavy atom. The minimum absolute atomic E-state index is 0.00846. The lowest BCUT2D eigenvalue weighted by Gasteiger charge is -2.11. The highest BCUT2D eigenvalue weighted by Gasteiger charge is 2.15. The number of nitrogens with two attached hydrogens (primary N) is 1. The van der Waals surface area contributed by atoms with Crippen LogP contribution in [0.1, 0.15) is 11.1 Å². The molecule has 2 aromatic rings. The smallest absolute Gasteiger partial charge is 0.180 e. The monoisotopic (exact) mass is 356 g/mol. The summed E-state index contributed by atoms with van der Waals surface area (Å²) in [6, 6.07) is 6.87. The molecule has 0 atom stereocenters. The summed E-state index contributed by atoms with van der Waals surface area (Å²) in [4.78, 5) is 0. The number of rotatable bonds is 3. The van der Waals surface area contributed by atoms with E-state index >= 15 is 0 Å². The third-order valence-corrected chi connectivity index (χ3v) is 3.56. The van der Waals surface area contributed by atoms with E-state index < -0.39 is 5.82 Å². The van der Waals surface area contributed by atoms with Crippen molar-refractivity contribution in [3.63, 3.8) is 0 Å². The standard InChI is InChI=1S/C14H11BrF2N2O2/c1-7-6-8(2-4-10(7)16)21-11-5-3-9(14(18)19-20)12(15)13(11)17/h2-6,20H,1H3,(H2,18,19). The van der Waals surface area contributed by atoms with Crippen molar-refractivity contribution in [2.45, 2.75) is 6.92 Å². The zero-order chi connectivity index (χ0) is 15.6. The second-order valence-corrected chi connectivity index (χ2v) is 5.03. The molecule has 0 aliphatic carbocycles. The van der Waals surface area contributed by atoms with Crippen LogP contribution in [0.4, 0.5) is 8.78 Å². The Kier molecular flexibility index (Phi) is 4.42. The van der Waals surface area contributed by atoms with Crippen LogP contribution < -0.4 is 10.5 Å². The largest absolute Gasteiger partial charge is 0.454 e. The summed E-state index contributed by atoms with van der Waals surface area (Å²) in [5, 5.41) is 11.4. The van der Waals surface area contributed by atoms with Gasteiger partial charge in [0, 0.05) is 5.56 Å². The van der Waals surface area contributed by atoms with Crippen molar-refractivity contribution in [1.29, 1.82) is 0 Å². The first kappa shape index (κ1) is 15.2. The minimum Gasteiger partial charge on any atom is -0.454 e. The quantitative estimate of drug-likeness (QED) is 0.379. The lowest BCUT2D eigenvalue weighted by atomic mass is 10.2. The molecule has 7 heteroatoms. The van der Waals surface area contributed by atoms with Gasteiger partial charge in [0.25, 0.3) is 0 Å². The molecule has 2 aromatic carbocycles. The molecule has 0 bridgehead atoms. The molecule has 0 radical (unpaired) electrons. The lowest BCUT2D eigenvalue weighted by molar-refractivity contribution is 0.318. The average molecular weight is 357 g/mol. The van der Waals surface area contributed by atoms with Crippen molar-refractivity contribution in [2.24, 2.45) is 10.9 Å². The first-order chi connectivity index (χ1) is 9.93. The molecule has 0 aromatic heterocycles. The van der Waals surface area contributed by atoms with Gasteiger partial charge in [-0.15, -0.1) is 0 Å². The summed E-state index contributed by atoms with van der Waals surface area (Å²) in [7, 11) is 0. The molecular formula is C14H11BrF2N2O2. The van der Waals surface area contributed by atoms with Gasteiger partial charge in [0.2, 0.25) is 0 Å². The zero-order valence-corrected chi connectivity index (χ0v) is 12.5. The van der Waals surface area contributed by atoms with Crippen molar-refractivity contribution in [3.05, 3.63) is 57.6 Å². The SMILES string of the molecule is Cc1cc(Oc2ccc(/C(N)=N/O)c(Br)c2F)ccc1F. The Morgan fingerprint density at radius 3 is 2.62 bits per heavy atom. The maximum atomic E-state index is 14.2. The third-order valence-electron chi connectivity index (χ3n) is 2.79. The van der Waals surface area contributed by atoms with Gasteiger partial charge in [-0.05, 0) is 58.7 Å². The molecule has 0 heterocycles. The van der Waals surface area contributed by atoms with Crippen LogP contribution in [0.3, 0.4) is 0 Å². The van der Waals surface area contributed by atoms with Gasteiger partial charge in [0.15, 0.2) is 17.4 Å². The van der Waals surface area contributed by atoms with Crippen LogP contribution in [0.2, 0.25) is 0 Å². The van der Waals surface area contributed by atoms with Crippen LogP contribution in [0, 0.1) is 18.6 Å². The first-order valence-electron chi connectivity index (χ1n) is 5.84. The number of nitrogens with zero attached hydrogens (tertiary/aromatic N) is 1. The van der Waals surface area contributed by atoms with Crippen LogP contribution in [-0.4, -0.2) is 11.0 Å². The van der Waals surface area contributed by atoms with Gasteiger partial charge < -0.3 is 15.7 Å². The summed E-state index contributed by atoms with van der Waals surface area (Å²) in [6.45, 7) is 1.58. The van der Waals surface area contributed by atoms with Crippen LogP contribution in [0.15, 0.2) is 40.0 Å². The number of ether oxygens (including phenoxy) is 1. The molecule has 0 saturated carbocycles. The van der Waals surface area contributed by atoms with E-state index in [-0.39, 0.29) is 27.4 Å². The second kappa shape index (κ2) is 6.09. The van der Waals surface area contributed by atoms with Gasteiger partial charge in [-0.1, -0.05) is 5.16 Å². The topological polar surface area (TPSA) is 67.8 Å². The van der Waals surface area contributed by atoms with Crippen molar-refractivity contribution < 1.29 is 18.7 Å². The number of hydrogen-bond acceptors (Lipinski definition) is 3. The highest BCUT2D eigenvalue weighted by atomic mass is 79.9. The Balaban J connectivity index is 2.37. The summed E-state index contributed by atoms with van der Waals surface area (Å²) in [5.41, 5.74) is 6.01. The molecule has 3 N–H and O–H groups in total. The van der Waals surface area contributed by atoms with Crippen molar-refractivity contribution >= 4 is 21.8 Å². The van der Waals surface area contributed by atoms with Crippen molar-refractivity contribution in [3.8, 4) is 11.5 Å². The van der Waals surface area contributed by atoms with Gasteiger partial charge in [-0.3, -0.25) is 0 Å². The van der Waals surface area contributed by atoms with Gasteiger partial charge in [0.1, 0.15) is 11.6 Å². The maximum Gasteiger partial charge on any atom is 0.180 e. The van der Waals surface area contributed by atoms with Crippen LogP contribution in [0.5, 0.6) is 11.5 Å². The molecule has 0 spiro atoms. The fourth-order valence-electron chi connectivity index (χ4n) is 1.67. The summed E-state index contributed by atoms with van der Waals surface area (Å²) >= 11 is 3.02. The molecule has 4 nitrogen and oxygen atoms in total. The third kappa shape index (κ3) is 3.13. The predicted octanol–water partition coefficient (Wildman–Crippen LogP) is 3.92. The summed E-state index contributed by atoms with van der Waals surface area (Å²) < 4.78 is 32.7. The fourth-order valence-corrected chi connectivity index (χ4v) is 2.20. The van der Waals surface area contributed by atoms with E-state index in [0.717, 1.165) is 0 Å². The maximum absolute atomic E-state index is 14.2. The Hall–Kier alpha value is -2.15. The minimum atomic E-state index is -0.707. The van der Waals surface area contributed by atoms with Crippen LogP contribution in [-0.2, 0) is 0 Å². The second-order valence-electron chi connectivity index (χ2n) is 4.24. The van der Waals surface area contributed by atoms with E-state index in [9.17, 15) is 8.78 Å². The first-order valence-corrected chi connectivity index (χ1v) is 6.63. The highest BCUT2D eigenvalue weighted by molar-refractivity contribution is 9.10. The van der Waals surface area contributed by atoms with E-state index in [1.54, 1.807) is 6.92 Å². The van der Waals surface area contributed by atoms with Crippen LogP contribution >= 0.6 is 15.9 Å². The van der Waals surface area contributed by atoms with Crippen molar-refractivity contribution in [1.82, 2.24) is 0 Å². The van der Waals surface area contributed by atoms with E-state index in [1.165, 1.54) is 30.3 Å². The molecule has 0 amide bonds. The molecular weight excluding hydrogens is 346 g/mol. The summed E-state index contributed by atoms with van der Waals surface area (Å²) in [5.74, 6) is -1.07. The Labute approximate surface area is 128 Å². The predicted molar refractivity (Wildman–Crippen MR) is 77.8 cm³/mol. The molecule has 0 aliphatic rings. The number of amidine groups is 1. The van der Waals surface area contributed by atoms with E-state index in [0.29, 0.717) is 11.3 Å². The molecule has 2 rings (SSSR count). The molecule has 0 aliphatic heterocycles. The number of halogens is 3. The Bertz CT molecular complexity index is 720. The van der Waals surface area contributed by atoms with Gasteiger partial charge in [-0.25, -0.2) is 8.78 Å².